The second kappa shape index (κ2) is 6.15. The molecule has 0 heterocycles. The van der Waals surface area contributed by atoms with Crippen LogP contribution in [0.3, 0.4) is 0 Å². The third-order valence-corrected chi connectivity index (χ3v) is 2.21. The maximum atomic E-state index is 12.9. The van der Waals surface area contributed by atoms with E-state index in [2.05, 4.69) is 18.3 Å². The highest BCUT2D eigenvalue weighted by Gasteiger charge is 2.02. The van der Waals surface area contributed by atoms with Gasteiger partial charge in [0, 0.05) is 6.54 Å². The summed E-state index contributed by atoms with van der Waals surface area (Å²) < 4.78 is 12.9. The van der Waals surface area contributed by atoms with Crippen molar-refractivity contribution in [3.8, 4) is 6.07 Å². The highest BCUT2D eigenvalue weighted by atomic mass is 19.1. The quantitative estimate of drug-likeness (QED) is 0.751. The summed E-state index contributed by atoms with van der Waals surface area (Å²) in [6.07, 6.45) is 2.22. The molecule has 3 heteroatoms. The van der Waals surface area contributed by atoms with Crippen LogP contribution in [-0.4, -0.2) is 6.54 Å². The molecule has 0 atom stereocenters. The van der Waals surface area contributed by atoms with Crippen molar-refractivity contribution in [1.82, 2.24) is 5.32 Å². The zero-order chi connectivity index (χ0) is 11.1. The van der Waals surface area contributed by atoms with Crippen molar-refractivity contribution in [3.63, 3.8) is 0 Å². The molecule has 1 N–H and O–H groups in total. The molecule has 0 saturated carbocycles. The average Bonchev–Trinajstić information content (AvgIpc) is 2.25. The van der Waals surface area contributed by atoms with Gasteiger partial charge in [-0.1, -0.05) is 13.3 Å². The number of unbranched alkanes of at least 4 members (excludes halogenated alkanes) is 1. The largest absolute Gasteiger partial charge is 0.313 e. The molecule has 0 aliphatic rings. The molecule has 0 aliphatic heterocycles. The molecule has 2 nitrogen and oxygen atoms in total. The lowest BCUT2D eigenvalue weighted by Gasteiger charge is -2.05. The van der Waals surface area contributed by atoms with Gasteiger partial charge in [-0.05, 0) is 36.7 Å². The van der Waals surface area contributed by atoms with Gasteiger partial charge in [0.2, 0.25) is 0 Å². The molecular weight excluding hydrogens is 191 g/mol. The van der Waals surface area contributed by atoms with Crippen LogP contribution in [0.1, 0.15) is 30.9 Å². The van der Waals surface area contributed by atoms with Gasteiger partial charge in [0.1, 0.15) is 5.82 Å². The minimum Gasteiger partial charge on any atom is -0.313 e. The first-order chi connectivity index (χ1) is 7.27. The summed E-state index contributed by atoms with van der Waals surface area (Å²) in [4.78, 5) is 0. The summed E-state index contributed by atoms with van der Waals surface area (Å²) in [6, 6.07) is 6.30. The first-order valence-corrected chi connectivity index (χ1v) is 5.17. The van der Waals surface area contributed by atoms with Crippen LogP contribution in [0, 0.1) is 17.1 Å². The first-order valence-electron chi connectivity index (χ1n) is 5.17. The number of nitrogens with one attached hydrogen (secondary N) is 1. The van der Waals surface area contributed by atoms with Crippen molar-refractivity contribution in [1.29, 1.82) is 5.26 Å². The van der Waals surface area contributed by atoms with Crippen LogP contribution in [0.15, 0.2) is 18.2 Å². The van der Waals surface area contributed by atoms with Crippen LogP contribution in [0.2, 0.25) is 0 Å². The molecule has 0 bridgehead atoms. The number of nitrogens with zero attached hydrogens (tertiary/aromatic N) is 1. The third kappa shape index (κ3) is 3.69. The van der Waals surface area contributed by atoms with Crippen molar-refractivity contribution in [2.24, 2.45) is 0 Å². The molecule has 1 aromatic carbocycles. The second-order valence-electron chi connectivity index (χ2n) is 3.44. The Morgan fingerprint density at radius 3 is 2.93 bits per heavy atom. The molecular formula is C12H15FN2. The Balaban J connectivity index is 2.59. The van der Waals surface area contributed by atoms with Gasteiger partial charge < -0.3 is 5.32 Å². The van der Waals surface area contributed by atoms with Gasteiger partial charge in [-0.25, -0.2) is 4.39 Å². The predicted molar refractivity (Wildman–Crippen MR) is 57.7 cm³/mol. The van der Waals surface area contributed by atoms with Gasteiger partial charge in [0.15, 0.2) is 0 Å². The fraction of sp³-hybridized carbons (Fsp3) is 0.417. The fourth-order valence-electron chi connectivity index (χ4n) is 1.34. The summed E-state index contributed by atoms with van der Waals surface area (Å²) in [5, 5.41) is 12.0. The second-order valence-corrected chi connectivity index (χ2v) is 3.44. The summed E-state index contributed by atoms with van der Waals surface area (Å²) in [5.41, 5.74) is 1.27. The van der Waals surface area contributed by atoms with E-state index in [-0.39, 0.29) is 5.82 Å². The summed E-state index contributed by atoms with van der Waals surface area (Å²) in [5.74, 6) is -0.290. The van der Waals surface area contributed by atoms with Crippen molar-refractivity contribution >= 4 is 0 Å². The van der Waals surface area contributed by atoms with E-state index >= 15 is 0 Å². The van der Waals surface area contributed by atoms with Crippen LogP contribution in [0.5, 0.6) is 0 Å². The fourth-order valence-corrected chi connectivity index (χ4v) is 1.34. The van der Waals surface area contributed by atoms with E-state index in [4.69, 9.17) is 5.26 Å². The van der Waals surface area contributed by atoms with Crippen LogP contribution in [0.4, 0.5) is 4.39 Å². The van der Waals surface area contributed by atoms with Crippen molar-refractivity contribution in [2.75, 3.05) is 6.54 Å². The minimum absolute atomic E-state index is 0.290. The van der Waals surface area contributed by atoms with Gasteiger partial charge in [-0.15, -0.1) is 0 Å². The highest BCUT2D eigenvalue weighted by molar-refractivity contribution is 5.37. The molecule has 0 saturated heterocycles. The number of benzene rings is 1. The third-order valence-electron chi connectivity index (χ3n) is 2.21. The Bertz CT molecular complexity index is 355. The Kier molecular flexibility index (Phi) is 4.79. The lowest BCUT2D eigenvalue weighted by atomic mass is 10.1. The smallest absolute Gasteiger partial charge is 0.123 e. The number of nitriles is 1. The zero-order valence-corrected chi connectivity index (χ0v) is 8.89. The van der Waals surface area contributed by atoms with E-state index in [0.29, 0.717) is 12.1 Å². The summed E-state index contributed by atoms with van der Waals surface area (Å²) in [6.45, 7) is 3.57. The van der Waals surface area contributed by atoms with Gasteiger partial charge in [-0.2, -0.15) is 5.26 Å². The van der Waals surface area contributed by atoms with Gasteiger partial charge >= 0.3 is 0 Å². The van der Waals surface area contributed by atoms with Crippen LogP contribution in [-0.2, 0) is 6.54 Å². The van der Waals surface area contributed by atoms with Crippen molar-refractivity contribution in [3.05, 3.63) is 35.1 Å². The number of halogens is 1. The lowest BCUT2D eigenvalue weighted by molar-refractivity contribution is 0.613. The van der Waals surface area contributed by atoms with E-state index in [1.807, 2.05) is 0 Å². The maximum absolute atomic E-state index is 12.9. The number of rotatable bonds is 5. The molecule has 15 heavy (non-hydrogen) atoms. The lowest BCUT2D eigenvalue weighted by Crippen LogP contribution is -2.15. The minimum atomic E-state index is -0.290. The Morgan fingerprint density at radius 2 is 2.27 bits per heavy atom. The molecule has 1 rings (SSSR count). The van der Waals surface area contributed by atoms with Crippen molar-refractivity contribution < 1.29 is 4.39 Å². The van der Waals surface area contributed by atoms with Gasteiger partial charge in [-0.3, -0.25) is 0 Å². The maximum Gasteiger partial charge on any atom is 0.123 e. The summed E-state index contributed by atoms with van der Waals surface area (Å²) >= 11 is 0. The Morgan fingerprint density at radius 1 is 1.47 bits per heavy atom. The normalized spacial score (nSPS) is 9.93. The number of hydrogen-bond donors (Lipinski definition) is 1. The van der Waals surface area contributed by atoms with Crippen LogP contribution >= 0.6 is 0 Å². The molecule has 80 valence electrons. The van der Waals surface area contributed by atoms with E-state index in [9.17, 15) is 4.39 Å². The average molecular weight is 206 g/mol. The van der Waals surface area contributed by atoms with E-state index in [0.717, 1.165) is 24.9 Å². The number of hydrogen-bond acceptors (Lipinski definition) is 2. The molecule has 0 unspecified atom stereocenters. The van der Waals surface area contributed by atoms with E-state index < -0.39 is 0 Å². The molecule has 0 amide bonds. The standard InChI is InChI=1S/C12H15FN2/c1-2-3-6-15-9-11-7-12(13)5-4-10(11)8-14/h4-5,7,15H,2-3,6,9H2,1H3. The monoisotopic (exact) mass is 206 g/mol. The molecule has 0 radical (unpaired) electrons. The zero-order valence-electron chi connectivity index (χ0n) is 8.89. The van der Waals surface area contributed by atoms with E-state index in [1.54, 1.807) is 0 Å². The molecule has 0 spiro atoms. The van der Waals surface area contributed by atoms with Crippen LogP contribution < -0.4 is 5.32 Å². The van der Waals surface area contributed by atoms with Crippen molar-refractivity contribution in [2.45, 2.75) is 26.3 Å². The van der Waals surface area contributed by atoms with Crippen LogP contribution in [0.25, 0.3) is 0 Å². The molecule has 0 aliphatic carbocycles. The summed E-state index contributed by atoms with van der Waals surface area (Å²) in [7, 11) is 0. The van der Waals surface area contributed by atoms with Gasteiger partial charge in [0.05, 0.1) is 11.6 Å². The van der Waals surface area contributed by atoms with E-state index in [1.165, 1.54) is 18.2 Å². The van der Waals surface area contributed by atoms with Gasteiger partial charge in [0.25, 0.3) is 0 Å². The Hall–Kier alpha value is -1.40. The topological polar surface area (TPSA) is 35.8 Å². The molecule has 0 fully saturated rings. The predicted octanol–water partition coefficient (Wildman–Crippen LogP) is 2.59. The SMILES string of the molecule is CCCCNCc1cc(F)ccc1C#N. The molecule has 1 aromatic rings. The highest BCUT2D eigenvalue weighted by Crippen LogP contribution is 2.10. The molecule has 0 aromatic heterocycles. The first kappa shape index (κ1) is 11.7. The Labute approximate surface area is 89.7 Å².